The Morgan fingerprint density at radius 1 is 1.21 bits per heavy atom. The van der Waals surface area contributed by atoms with Gasteiger partial charge in [0.1, 0.15) is 0 Å². The van der Waals surface area contributed by atoms with Crippen molar-refractivity contribution in [1.29, 1.82) is 0 Å². The van der Waals surface area contributed by atoms with E-state index in [1.165, 1.54) is 23.1 Å². The second-order valence-electron chi connectivity index (χ2n) is 6.54. The van der Waals surface area contributed by atoms with Gasteiger partial charge in [0.05, 0.1) is 11.4 Å². The summed E-state index contributed by atoms with van der Waals surface area (Å²) in [5, 5.41) is 3.19. The Morgan fingerprint density at radius 3 is 2.72 bits per heavy atom. The highest BCUT2D eigenvalue weighted by molar-refractivity contribution is 7.98. The number of rotatable bonds is 8. The molecule has 0 fully saturated rings. The van der Waals surface area contributed by atoms with Crippen molar-refractivity contribution < 1.29 is 4.79 Å². The Morgan fingerprint density at radius 2 is 2.00 bits per heavy atom. The van der Waals surface area contributed by atoms with Gasteiger partial charge in [0.25, 0.3) is 5.56 Å². The molecule has 0 aliphatic carbocycles. The molecular formula is C21H24N4O2S2. The number of anilines is 2. The van der Waals surface area contributed by atoms with Crippen molar-refractivity contribution in [2.75, 3.05) is 4.90 Å². The number of thiazole rings is 1. The number of nitrogens with one attached hydrogen (secondary N) is 1. The summed E-state index contributed by atoms with van der Waals surface area (Å²) in [6.07, 6.45) is 2.56. The lowest BCUT2D eigenvalue weighted by Gasteiger charge is -2.20. The SMILES string of the molecule is CCCc1cc(=O)[nH]c(SCc2csc(N(C(C)=O)c3ccccc3CC)n2)n1. The topological polar surface area (TPSA) is 79.0 Å². The van der Waals surface area contributed by atoms with Crippen molar-refractivity contribution in [1.82, 2.24) is 15.0 Å². The van der Waals surface area contributed by atoms with Crippen LogP contribution in [-0.2, 0) is 23.4 Å². The number of benzene rings is 1. The average molecular weight is 429 g/mol. The molecule has 29 heavy (non-hydrogen) atoms. The van der Waals surface area contributed by atoms with Crippen LogP contribution in [0.15, 0.2) is 45.7 Å². The van der Waals surface area contributed by atoms with Crippen LogP contribution in [0.5, 0.6) is 0 Å². The largest absolute Gasteiger partial charge is 0.301 e. The summed E-state index contributed by atoms with van der Waals surface area (Å²) in [7, 11) is 0. The summed E-state index contributed by atoms with van der Waals surface area (Å²) >= 11 is 2.88. The van der Waals surface area contributed by atoms with Crippen molar-refractivity contribution in [3.63, 3.8) is 0 Å². The van der Waals surface area contributed by atoms with Crippen molar-refractivity contribution >= 4 is 39.8 Å². The Balaban J connectivity index is 1.79. The first kappa shape index (κ1) is 21.3. The summed E-state index contributed by atoms with van der Waals surface area (Å²) in [6.45, 7) is 5.68. The molecule has 0 unspecified atom stereocenters. The van der Waals surface area contributed by atoms with Crippen molar-refractivity contribution in [2.24, 2.45) is 0 Å². The maximum atomic E-state index is 12.4. The van der Waals surface area contributed by atoms with Gasteiger partial charge in [-0.15, -0.1) is 11.3 Å². The molecule has 0 aliphatic heterocycles. The van der Waals surface area contributed by atoms with Gasteiger partial charge < -0.3 is 4.98 Å². The number of nitrogens with zero attached hydrogens (tertiary/aromatic N) is 3. The standard InChI is InChI=1S/C21H24N4O2S2/c1-4-8-16-11-19(27)24-20(22-16)28-12-17-13-29-21(23-17)25(14(3)26)18-10-7-6-9-15(18)5-2/h6-7,9-11,13H,4-5,8,12H2,1-3H3,(H,22,24,27). The third-order valence-electron chi connectivity index (χ3n) is 4.30. The molecule has 8 heteroatoms. The molecule has 152 valence electrons. The minimum absolute atomic E-state index is 0.0716. The van der Waals surface area contributed by atoms with E-state index in [0.717, 1.165) is 41.9 Å². The zero-order chi connectivity index (χ0) is 20.8. The number of hydrogen-bond donors (Lipinski definition) is 1. The van der Waals surface area contributed by atoms with Crippen LogP contribution in [0.2, 0.25) is 0 Å². The van der Waals surface area contributed by atoms with Gasteiger partial charge in [-0.1, -0.05) is 50.2 Å². The number of aromatic amines is 1. The van der Waals surface area contributed by atoms with E-state index < -0.39 is 0 Å². The van der Waals surface area contributed by atoms with Gasteiger partial charge >= 0.3 is 0 Å². The minimum atomic E-state index is -0.135. The molecule has 1 amide bonds. The van der Waals surface area contributed by atoms with Gasteiger partial charge in [-0.2, -0.15) is 0 Å². The molecule has 0 radical (unpaired) electrons. The summed E-state index contributed by atoms with van der Waals surface area (Å²) in [6, 6.07) is 9.43. The van der Waals surface area contributed by atoms with Crippen LogP contribution in [0.25, 0.3) is 0 Å². The quantitative estimate of drug-likeness (QED) is 0.415. The Hall–Kier alpha value is -2.45. The number of amides is 1. The zero-order valence-corrected chi connectivity index (χ0v) is 18.4. The normalized spacial score (nSPS) is 10.9. The third-order valence-corrected chi connectivity index (χ3v) is 6.08. The predicted octanol–water partition coefficient (Wildman–Crippen LogP) is 4.72. The Bertz CT molecular complexity index is 1040. The fourth-order valence-corrected chi connectivity index (χ4v) is 4.75. The summed E-state index contributed by atoms with van der Waals surface area (Å²) in [5.41, 5.74) is 3.48. The lowest BCUT2D eigenvalue weighted by molar-refractivity contribution is -0.115. The minimum Gasteiger partial charge on any atom is -0.301 e. The highest BCUT2D eigenvalue weighted by Crippen LogP contribution is 2.32. The van der Waals surface area contributed by atoms with Crippen LogP contribution in [0.1, 0.15) is 44.1 Å². The molecule has 0 saturated heterocycles. The second-order valence-corrected chi connectivity index (χ2v) is 8.34. The van der Waals surface area contributed by atoms with Crippen LogP contribution in [-0.4, -0.2) is 20.9 Å². The summed E-state index contributed by atoms with van der Waals surface area (Å²) in [4.78, 5) is 37.8. The molecule has 1 N–H and O–H groups in total. The summed E-state index contributed by atoms with van der Waals surface area (Å²) < 4.78 is 0. The van der Waals surface area contributed by atoms with Gasteiger partial charge in [0.15, 0.2) is 10.3 Å². The Kier molecular flexibility index (Phi) is 7.22. The highest BCUT2D eigenvalue weighted by Gasteiger charge is 2.20. The van der Waals surface area contributed by atoms with Gasteiger partial charge in [-0.25, -0.2) is 9.97 Å². The molecule has 2 aromatic heterocycles. The predicted molar refractivity (Wildman–Crippen MR) is 119 cm³/mol. The van der Waals surface area contributed by atoms with Gasteiger partial charge in [0.2, 0.25) is 5.91 Å². The molecule has 0 aliphatic rings. The van der Waals surface area contributed by atoms with E-state index in [4.69, 9.17) is 0 Å². The van der Waals surface area contributed by atoms with Crippen LogP contribution < -0.4 is 10.5 Å². The molecular weight excluding hydrogens is 404 g/mol. The second kappa shape index (κ2) is 9.84. The molecule has 6 nitrogen and oxygen atoms in total. The van der Waals surface area contributed by atoms with E-state index in [9.17, 15) is 9.59 Å². The Labute approximate surface area is 178 Å². The van der Waals surface area contributed by atoms with Crippen LogP contribution in [0, 0.1) is 0 Å². The van der Waals surface area contributed by atoms with E-state index in [0.29, 0.717) is 16.0 Å². The maximum Gasteiger partial charge on any atom is 0.251 e. The molecule has 1 aromatic carbocycles. The number of aromatic nitrogens is 3. The van der Waals surface area contributed by atoms with Gasteiger partial charge in [-0.05, 0) is 24.5 Å². The van der Waals surface area contributed by atoms with E-state index in [-0.39, 0.29) is 11.5 Å². The fourth-order valence-electron chi connectivity index (χ4n) is 2.98. The number of H-pyrrole nitrogens is 1. The number of aryl methyl sites for hydroxylation is 2. The van der Waals surface area contributed by atoms with Gasteiger partial charge in [-0.3, -0.25) is 14.5 Å². The van der Waals surface area contributed by atoms with Crippen molar-refractivity contribution in [3.05, 3.63) is 63.0 Å². The lowest BCUT2D eigenvalue weighted by Crippen LogP contribution is -2.23. The number of carbonyl (C=O) groups is 1. The number of para-hydroxylation sites is 1. The van der Waals surface area contributed by atoms with Crippen LogP contribution in [0.4, 0.5) is 10.8 Å². The van der Waals surface area contributed by atoms with Crippen molar-refractivity contribution in [2.45, 2.75) is 50.9 Å². The van der Waals surface area contributed by atoms with Crippen LogP contribution >= 0.6 is 23.1 Å². The lowest BCUT2D eigenvalue weighted by atomic mass is 10.1. The number of carbonyl (C=O) groups excluding carboxylic acids is 1. The first-order chi connectivity index (χ1) is 14.0. The molecule has 3 rings (SSSR count). The monoisotopic (exact) mass is 428 g/mol. The third kappa shape index (κ3) is 5.33. The highest BCUT2D eigenvalue weighted by atomic mass is 32.2. The van der Waals surface area contributed by atoms with Crippen molar-refractivity contribution in [3.8, 4) is 0 Å². The maximum absolute atomic E-state index is 12.4. The molecule has 0 spiro atoms. The van der Waals surface area contributed by atoms with E-state index >= 15 is 0 Å². The molecule has 0 saturated carbocycles. The first-order valence-electron chi connectivity index (χ1n) is 9.57. The first-order valence-corrected chi connectivity index (χ1v) is 11.4. The average Bonchev–Trinajstić information content (AvgIpc) is 3.15. The zero-order valence-electron chi connectivity index (χ0n) is 16.8. The van der Waals surface area contributed by atoms with E-state index in [1.54, 1.807) is 17.9 Å². The molecule has 2 heterocycles. The van der Waals surface area contributed by atoms with E-state index in [1.807, 2.05) is 29.6 Å². The van der Waals surface area contributed by atoms with Crippen LogP contribution in [0.3, 0.4) is 0 Å². The smallest absolute Gasteiger partial charge is 0.251 e. The fraction of sp³-hybridized carbons (Fsp3) is 0.333. The summed E-state index contributed by atoms with van der Waals surface area (Å²) in [5.74, 6) is 0.494. The van der Waals surface area contributed by atoms with E-state index in [2.05, 4.69) is 28.8 Å². The van der Waals surface area contributed by atoms with Gasteiger partial charge in [0, 0.05) is 29.8 Å². The number of hydrogen-bond acceptors (Lipinski definition) is 6. The molecule has 3 aromatic rings. The number of thioether (sulfide) groups is 1. The molecule has 0 atom stereocenters. The molecule has 0 bridgehead atoms.